The number of para-hydroxylation sites is 2. The van der Waals surface area contributed by atoms with Crippen LogP contribution in [0.5, 0.6) is 0 Å². The molecule has 55 heavy (non-hydrogen) atoms. The number of nitrogens with zero attached hydrogens (tertiary/aromatic N) is 3. The van der Waals surface area contributed by atoms with E-state index >= 15 is 0 Å². The summed E-state index contributed by atoms with van der Waals surface area (Å²) in [5, 5.41) is 6.41. The lowest BCUT2D eigenvalue weighted by molar-refractivity contribution is 0.746. The summed E-state index contributed by atoms with van der Waals surface area (Å²) in [5.41, 5.74) is 16.4. The first-order valence-electron chi connectivity index (χ1n) is 19.2. The molecule has 12 rings (SSSR count). The van der Waals surface area contributed by atoms with E-state index in [1.165, 1.54) is 99.7 Å². The summed E-state index contributed by atoms with van der Waals surface area (Å²) in [5.74, 6) is 0. The molecule has 3 heteroatoms. The number of allylic oxidation sites excluding steroid dienone is 1. The third-order valence-corrected chi connectivity index (χ3v) is 12.0. The van der Waals surface area contributed by atoms with Crippen LogP contribution in [0.1, 0.15) is 28.4 Å². The van der Waals surface area contributed by atoms with Crippen molar-refractivity contribution in [3.8, 4) is 22.5 Å². The minimum absolute atomic E-state index is 0.218. The van der Waals surface area contributed by atoms with E-state index < -0.39 is 0 Å². The van der Waals surface area contributed by atoms with Crippen molar-refractivity contribution >= 4 is 60.9 Å². The highest BCUT2D eigenvalue weighted by Crippen LogP contribution is 2.51. The van der Waals surface area contributed by atoms with Crippen LogP contribution in [0.3, 0.4) is 0 Å². The van der Waals surface area contributed by atoms with Gasteiger partial charge in [0.15, 0.2) is 0 Å². The fourth-order valence-electron chi connectivity index (χ4n) is 9.51. The fraction of sp³-hybridized carbons (Fsp3) is 0.0385. The zero-order chi connectivity index (χ0) is 36.0. The maximum atomic E-state index is 2.47. The normalized spacial score (nSPS) is 14.5. The zero-order valence-corrected chi connectivity index (χ0v) is 30.1. The van der Waals surface area contributed by atoms with Crippen LogP contribution < -0.4 is 4.90 Å². The molecule has 3 nitrogen and oxygen atoms in total. The molecule has 8 aromatic carbocycles. The summed E-state index contributed by atoms with van der Waals surface area (Å²) in [6.07, 6.45) is 5.55. The van der Waals surface area contributed by atoms with E-state index in [4.69, 9.17) is 0 Å². The smallest absolute Gasteiger partial charge is 0.0865 e. The molecule has 1 atom stereocenters. The molecule has 1 aliphatic carbocycles. The number of rotatable bonds is 5. The van der Waals surface area contributed by atoms with E-state index in [1.807, 2.05) is 0 Å². The predicted molar refractivity (Wildman–Crippen MR) is 230 cm³/mol. The summed E-state index contributed by atoms with van der Waals surface area (Å²) in [7, 11) is 0. The Labute approximate surface area is 319 Å². The monoisotopic (exact) mass is 701 g/mol. The fourth-order valence-corrected chi connectivity index (χ4v) is 9.51. The molecule has 0 spiro atoms. The van der Waals surface area contributed by atoms with Crippen LogP contribution in [-0.4, -0.2) is 9.13 Å². The van der Waals surface area contributed by atoms with Crippen LogP contribution in [0.15, 0.2) is 188 Å². The van der Waals surface area contributed by atoms with Gasteiger partial charge in [0.2, 0.25) is 0 Å². The standard InChI is InChI=1S/C52H35N3/c1-3-13-35(14-4-1)52-43-18-9-10-20-47(43)55(52)40-27-25-39(26-28-40)53-46-21-11-19-42(46)44-32-36(23-29-48(44)53)37-24-30-49-45(33-37)51-41-17-8-7-12-34(41)22-31-50(51)54(49)38-15-5-2-6-16-38/h1-20,22-33,52H,21H2. The largest absolute Gasteiger partial charge is 0.329 e. The van der Waals surface area contributed by atoms with E-state index in [1.54, 1.807) is 0 Å². The Morgan fingerprint density at radius 3 is 1.91 bits per heavy atom. The molecule has 0 bridgehead atoms. The van der Waals surface area contributed by atoms with Gasteiger partial charge in [-0.2, -0.15) is 0 Å². The van der Waals surface area contributed by atoms with E-state index in [-0.39, 0.29) is 6.04 Å². The first-order valence-corrected chi connectivity index (χ1v) is 19.2. The molecule has 3 heterocycles. The summed E-state index contributed by atoms with van der Waals surface area (Å²) in [6.45, 7) is 0. The van der Waals surface area contributed by atoms with Gasteiger partial charge in [0.25, 0.3) is 0 Å². The number of benzene rings is 8. The van der Waals surface area contributed by atoms with Gasteiger partial charge in [-0.05, 0) is 100 Å². The minimum Gasteiger partial charge on any atom is -0.329 e. The lowest BCUT2D eigenvalue weighted by Gasteiger charge is -2.45. The number of hydrogen-bond donors (Lipinski definition) is 0. The van der Waals surface area contributed by atoms with Gasteiger partial charge in [-0.15, -0.1) is 0 Å². The van der Waals surface area contributed by atoms with Crippen molar-refractivity contribution in [3.63, 3.8) is 0 Å². The molecule has 0 saturated carbocycles. The van der Waals surface area contributed by atoms with Crippen LogP contribution >= 0.6 is 0 Å². The first-order chi connectivity index (χ1) is 27.3. The molecule has 0 radical (unpaired) electrons. The Morgan fingerprint density at radius 1 is 0.455 bits per heavy atom. The summed E-state index contributed by atoms with van der Waals surface area (Å²) in [4.78, 5) is 2.47. The van der Waals surface area contributed by atoms with Gasteiger partial charge in [-0.25, -0.2) is 0 Å². The first kappa shape index (κ1) is 30.4. The highest BCUT2D eigenvalue weighted by atomic mass is 15.2. The van der Waals surface area contributed by atoms with E-state index in [0.717, 1.165) is 6.42 Å². The average molecular weight is 702 g/mol. The third-order valence-electron chi connectivity index (χ3n) is 12.0. The molecule has 0 fully saturated rings. The van der Waals surface area contributed by atoms with Crippen molar-refractivity contribution in [2.24, 2.45) is 0 Å². The minimum atomic E-state index is 0.218. The van der Waals surface area contributed by atoms with E-state index in [2.05, 4.69) is 208 Å². The molecule has 1 aliphatic heterocycles. The Hall–Kier alpha value is -7.10. The van der Waals surface area contributed by atoms with Gasteiger partial charge in [-0.1, -0.05) is 121 Å². The average Bonchev–Trinajstić information content (AvgIpc) is 3.94. The van der Waals surface area contributed by atoms with Crippen molar-refractivity contribution in [1.29, 1.82) is 0 Å². The van der Waals surface area contributed by atoms with Crippen LogP contribution in [0.4, 0.5) is 11.4 Å². The number of fused-ring (bicyclic) bond motifs is 9. The lowest BCUT2D eigenvalue weighted by Crippen LogP contribution is -2.34. The third kappa shape index (κ3) is 4.44. The second-order valence-corrected chi connectivity index (χ2v) is 14.9. The Balaban J connectivity index is 0.968. The van der Waals surface area contributed by atoms with Gasteiger partial charge in [0.1, 0.15) is 0 Å². The Bertz CT molecular complexity index is 3160. The SMILES string of the molecule is C1=Cc2c(n(-c3ccc(N4c5ccccc5C4c4ccccc4)cc3)c3ccc(-c4ccc5c(c4)c4c6ccccc6ccc4n5-c4ccccc4)cc23)C1. The van der Waals surface area contributed by atoms with Crippen LogP contribution in [0.25, 0.3) is 72.1 Å². The van der Waals surface area contributed by atoms with Gasteiger partial charge >= 0.3 is 0 Å². The molecule has 0 saturated heterocycles. The van der Waals surface area contributed by atoms with Crippen LogP contribution in [0.2, 0.25) is 0 Å². The van der Waals surface area contributed by atoms with E-state index in [0.29, 0.717) is 0 Å². The topological polar surface area (TPSA) is 13.1 Å². The predicted octanol–water partition coefficient (Wildman–Crippen LogP) is 13.4. The van der Waals surface area contributed by atoms with Crippen molar-refractivity contribution in [3.05, 3.63) is 210 Å². The molecular formula is C52H35N3. The van der Waals surface area contributed by atoms with Crippen LogP contribution in [0, 0.1) is 0 Å². The van der Waals surface area contributed by atoms with Gasteiger partial charge in [0.05, 0.1) is 22.6 Å². The molecule has 10 aromatic rings. The van der Waals surface area contributed by atoms with Gasteiger partial charge in [-0.3, -0.25) is 0 Å². The summed E-state index contributed by atoms with van der Waals surface area (Å²) in [6, 6.07) is 67.1. The second kappa shape index (κ2) is 11.7. The molecule has 258 valence electrons. The molecule has 2 aliphatic rings. The maximum absolute atomic E-state index is 2.47. The van der Waals surface area contributed by atoms with E-state index in [9.17, 15) is 0 Å². The second-order valence-electron chi connectivity index (χ2n) is 14.9. The number of anilines is 2. The summed E-state index contributed by atoms with van der Waals surface area (Å²) >= 11 is 0. The van der Waals surface area contributed by atoms with Crippen molar-refractivity contribution in [2.45, 2.75) is 12.5 Å². The molecule has 1 unspecified atom stereocenters. The van der Waals surface area contributed by atoms with Crippen molar-refractivity contribution in [2.75, 3.05) is 4.90 Å². The molecular weight excluding hydrogens is 667 g/mol. The van der Waals surface area contributed by atoms with Crippen molar-refractivity contribution in [1.82, 2.24) is 9.13 Å². The zero-order valence-electron chi connectivity index (χ0n) is 30.1. The number of hydrogen-bond acceptors (Lipinski definition) is 1. The quantitative estimate of drug-likeness (QED) is 0.174. The maximum Gasteiger partial charge on any atom is 0.0865 e. The van der Waals surface area contributed by atoms with Gasteiger partial charge < -0.3 is 14.0 Å². The molecule has 0 amide bonds. The van der Waals surface area contributed by atoms with Gasteiger partial charge in [0, 0.05) is 62.1 Å². The lowest BCUT2D eigenvalue weighted by atomic mass is 9.87. The summed E-state index contributed by atoms with van der Waals surface area (Å²) < 4.78 is 4.88. The Kier molecular flexibility index (Phi) is 6.46. The van der Waals surface area contributed by atoms with Crippen molar-refractivity contribution < 1.29 is 0 Å². The highest BCUT2D eigenvalue weighted by molar-refractivity contribution is 6.22. The van der Waals surface area contributed by atoms with Crippen LogP contribution in [-0.2, 0) is 6.42 Å². The number of aromatic nitrogens is 2. The molecule has 0 N–H and O–H groups in total. The Morgan fingerprint density at radius 2 is 1.09 bits per heavy atom. The molecule has 2 aromatic heterocycles. The highest BCUT2D eigenvalue weighted by Gasteiger charge is 2.36.